The molecule has 5 rings (SSSR count). The van der Waals surface area contributed by atoms with Crippen molar-refractivity contribution in [3.8, 4) is 11.1 Å². The average Bonchev–Trinajstić information content (AvgIpc) is 3.43. The normalized spacial score (nSPS) is 12.0. The van der Waals surface area contributed by atoms with Gasteiger partial charge in [-0.15, -0.1) is 0 Å². The van der Waals surface area contributed by atoms with Gasteiger partial charge in [0.05, 0.1) is 8.52 Å². The molecule has 2 nitrogen and oxygen atoms in total. The number of aryl methyl sites for hydroxylation is 1. The summed E-state index contributed by atoms with van der Waals surface area (Å²) < 4.78 is 91.2. The zero-order valence-electron chi connectivity index (χ0n) is 20.0. The highest BCUT2D eigenvalue weighted by Gasteiger charge is 2.33. The lowest BCUT2D eigenvalue weighted by Crippen LogP contribution is -2.04. The largest absolute Gasteiger partial charge is 0.431 e. The van der Waals surface area contributed by atoms with E-state index < -0.39 is 30.9 Å². The minimum absolute atomic E-state index is 0.453. The molecule has 5 aromatic rings. The Kier molecular flexibility index (Phi) is 8.18. The number of alkyl halides is 7. The van der Waals surface area contributed by atoms with Crippen LogP contribution < -0.4 is 0 Å². The third kappa shape index (κ3) is 6.87. The number of aromatic amines is 2. The van der Waals surface area contributed by atoms with Crippen LogP contribution in [0.5, 0.6) is 0 Å². The second kappa shape index (κ2) is 11.2. The van der Waals surface area contributed by atoms with Crippen molar-refractivity contribution in [1.82, 2.24) is 9.97 Å². The Morgan fingerprint density at radius 1 is 0.757 bits per heavy atom. The highest BCUT2D eigenvalue weighted by molar-refractivity contribution is 9.10. The fourth-order valence-corrected chi connectivity index (χ4v) is 4.29. The van der Waals surface area contributed by atoms with Gasteiger partial charge < -0.3 is 9.97 Å². The maximum atomic E-state index is 12.7. The smallest absolute Gasteiger partial charge is 0.351 e. The van der Waals surface area contributed by atoms with Crippen LogP contribution in [-0.4, -0.2) is 17.1 Å². The molecule has 2 aromatic heterocycles. The van der Waals surface area contributed by atoms with Gasteiger partial charge in [0, 0.05) is 36.9 Å². The van der Waals surface area contributed by atoms with Crippen LogP contribution >= 0.6 is 27.5 Å². The minimum atomic E-state index is -4.37. The van der Waals surface area contributed by atoms with Gasteiger partial charge in [0.25, 0.3) is 0 Å². The number of halogens is 9. The monoisotopic (exact) mass is 607 g/mol. The maximum Gasteiger partial charge on any atom is 0.431 e. The number of fused-ring (bicyclic) bond motifs is 2. The first-order valence-corrected chi connectivity index (χ1v) is 11.6. The molecule has 0 atom stereocenters. The number of hydrogen-bond donors (Lipinski definition) is 2. The lowest BCUT2D eigenvalue weighted by Gasteiger charge is -2.05. The first kappa shape index (κ1) is 27.1. The van der Waals surface area contributed by atoms with Crippen LogP contribution in [0.1, 0.15) is 18.3 Å². The molecular weight excluding hydrogens is 589 g/mol. The summed E-state index contributed by atoms with van der Waals surface area (Å²) in [6, 6.07) is 17.9. The number of nitrogens with one attached hydrogen (secondary N) is 2. The second-order valence-corrected chi connectivity index (χ2v) is 9.20. The van der Waals surface area contributed by atoms with E-state index in [1.54, 1.807) is 36.4 Å². The third-order valence-corrected chi connectivity index (χ3v) is 6.06. The summed E-state index contributed by atoms with van der Waals surface area (Å²) in [6.07, 6.45) is -8.69. The topological polar surface area (TPSA) is 31.6 Å². The number of hydrogen-bond acceptors (Lipinski definition) is 0. The van der Waals surface area contributed by atoms with E-state index in [0.29, 0.717) is 26.8 Å². The minimum Gasteiger partial charge on any atom is -0.351 e. The molecule has 0 aliphatic heterocycles. The highest BCUT2D eigenvalue weighted by Crippen LogP contribution is 2.35. The van der Waals surface area contributed by atoms with Crippen LogP contribution in [0.2, 0.25) is 5.02 Å². The Hall–Kier alpha value is -2.98. The van der Waals surface area contributed by atoms with E-state index in [1.165, 1.54) is 0 Å². The molecule has 0 saturated heterocycles. The molecule has 3 aromatic carbocycles. The SMILES string of the molecule is Cc1ccc(-c2ccc3[nH]c(C(F)(F)F)cc3c2)c(Cl)c1.FC(F)(F)c1cc2cc(Br)ccc2[nH]1.[2H]CF. The van der Waals surface area contributed by atoms with Crippen molar-refractivity contribution < 1.29 is 32.1 Å². The van der Waals surface area contributed by atoms with E-state index >= 15 is 0 Å². The van der Waals surface area contributed by atoms with Crippen LogP contribution in [-0.2, 0) is 12.4 Å². The van der Waals surface area contributed by atoms with Gasteiger partial charge in [-0.25, -0.2) is 0 Å². The summed E-state index contributed by atoms with van der Waals surface area (Å²) in [5.74, 6) is 0. The number of H-pyrrole nitrogens is 2. The second-order valence-electron chi connectivity index (χ2n) is 7.88. The van der Waals surface area contributed by atoms with Crippen molar-refractivity contribution in [1.29, 1.82) is 0 Å². The lowest BCUT2D eigenvalue weighted by atomic mass is 10.0. The maximum absolute atomic E-state index is 12.7. The van der Waals surface area contributed by atoms with Gasteiger partial charge in [-0.1, -0.05) is 45.7 Å². The molecule has 37 heavy (non-hydrogen) atoms. The summed E-state index contributed by atoms with van der Waals surface area (Å²) in [7, 11) is -1.00. The summed E-state index contributed by atoms with van der Waals surface area (Å²) in [5, 5.41) is 1.64. The molecule has 11 heteroatoms. The molecule has 0 radical (unpaired) electrons. The Morgan fingerprint density at radius 3 is 1.78 bits per heavy atom. The quantitative estimate of drug-likeness (QED) is 0.178. The lowest BCUT2D eigenvalue weighted by molar-refractivity contribution is -0.141. The fourth-order valence-electron chi connectivity index (χ4n) is 3.56. The van der Waals surface area contributed by atoms with E-state index in [9.17, 15) is 30.7 Å². The highest BCUT2D eigenvalue weighted by atomic mass is 79.9. The third-order valence-electron chi connectivity index (χ3n) is 5.25. The van der Waals surface area contributed by atoms with Crippen LogP contribution in [0.25, 0.3) is 32.9 Å². The number of rotatable bonds is 1. The standard InChI is InChI=1S/C16H11ClF3N.C9H5BrF3N.CH3F/c1-9-2-4-12(13(17)6-9)10-3-5-14-11(7-10)8-15(21-14)16(18,19)20;10-6-1-2-7-5(3-6)4-8(14-7)9(11,12)13;1-2/h2-8,21H,1H3;1-4,14H;1H3/i;;1D. The Balaban J connectivity index is 0.000000204. The average molecular weight is 609 g/mol. The van der Waals surface area contributed by atoms with Crippen LogP contribution in [0.4, 0.5) is 30.7 Å². The zero-order valence-corrected chi connectivity index (χ0v) is 21.3. The van der Waals surface area contributed by atoms with Crippen molar-refractivity contribution in [3.63, 3.8) is 0 Å². The molecule has 0 aliphatic carbocycles. The fraction of sp³-hybridized carbons (Fsp3) is 0.154. The molecule has 196 valence electrons. The molecular formula is C26H19BrClF7N2. The molecule has 0 aliphatic rings. The summed E-state index contributed by atoms with van der Waals surface area (Å²) >= 11 is 9.40. The van der Waals surface area contributed by atoms with Crippen molar-refractivity contribution >= 4 is 49.3 Å². The number of aromatic nitrogens is 2. The zero-order chi connectivity index (χ0) is 28.3. The van der Waals surface area contributed by atoms with Crippen LogP contribution in [0.15, 0.2) is 71.2 Å². The summed E-state index contributed by atoms with van der Waals surface area (Å²) in [6.45, 7) is 1.93. The number of benzene rings is 3. The molecule has 2 heterocycles. The first-order valence-electron chi connectivity index (χ1n) is 11.1. The van der Waals surface area contributed by atoms with Crippen LogP contribution in [0.3, 0.4) is 0 Å². The van der Waals surface area contributed by atoms with Gasteiger partial charge in [0.15, 0.2) is 0 Å². The van der Waals surface area contributed by atoms with Crippen molar-refractivity contribution in [3.05, 3.63) is 93.2 Å². The van der Waals surface area contributed by atoms with E-state index in [2.05, 4.69) is 25.9 Å². The van der Waals surface area contributed by atoms with Gasteiger partial charge in [0.2, 0.25) is 0 Å². The van der Waals surface area contributed by atoms with E-state index in [4.69, 9.17) is 13.0 Å². The molecule has 0 unspecified atom stereocenters. The van der Waals surface area contributed by atoms with Crippen molar-refractivity contribution in [2.24, 2.45) is 0 Å². The van der Waals surface area contributed by atoms with Crippen molar-refractivity contribution in [2.45, 2.75) is 19.3 Å². The summed E-state index contributed by atoms with van der Waals surface area (Å²) in [4.78, 5) is 4.70. The molecule has 0 saturated carbocycles. The van der Waals surface area contributed by atoms with Gasteiger partial charge in [-0.2, -0.15) is 26.3 Å². The van der Waals surface area contributed by atoms with Gasteiger partial charge in [-0.05, 0) is 66.6 Å². The Bertz CT molecular complexity index is 1540. The molecule has 0 bridgehead atoms. The van der Waals surface area contributed by atoms with Gasteiger partial charge in [0.1, 0.15) is 11.4 Å². The predicted octanol–water partition coefficient (Wildman–Crippen LogP) is 10.4. The van der Waals surface area contributed by atoms with Crippen LogP contribution in [0, 0.1) is 6.92 Å². The molecule has 0 amide bonds. The summed E-state index contributed by atoms with van der Waals surface area (Å²) in [5.41, 5.74) is 2.11. The molecule has 0 fully saturated rings. The van der Waals surface area contributed by atoms with Crippen molar-refractivity contribution in [2.75, 3.05) is 7.15 Å². The van der Waals surface area contributed by atoms with Gasteiger partial charge in [-0.3, -0.25) is 4.39 Å². The van der Waals surface area contributed by atoms with E-state index in [-0.39, 0.29) is 0 Å². The Labute approximate surface area is 222 Å². The predicted molar refractivity (Wildman–Crippen MR) is 137 cm³/mol. The molecule has 0 spiro atoms. The molecule has 2 N–H and O–H groups in total. The van der Waals surface area contributed by atoms with Gasteiger partial charge >= 0.3 is 12.4 Å². The van der Waals surface area contributed by atoms with E-state index in [1.807, 2.05) is 25.1 Å². The first-order chi connectivity index (χ1) is 17.7. The van der Waals surface area contributed by atoms with E-state index in [0.717, 1.165) is 33.3 Å². The Morgan fingerprint density at radius 2 is 1.27 bits per heavy atom.